The van der Waals surface area contributed by atoms with Crippen LogP contribution in [-0.4, -0.2) is 103 Å². The number of nitrogen functional groups attached to an aromatic ring is 1. The number of amides is 2. The number of nitrogens with two attached hydrogens (primary N) is 1. The van der Waals surface area contributed by atoms with Crippen molar-refractivity contribution in [1.82, 2.24) is 39.6 Å². The molecule has 250 valence electrons. The van der Waals surface area contributed by atoms with Crippen molar-refractivity contribution in [1.29, 1.82) is 0 Å². The molecule has 49 heavy (non-hydrogen) atoms. The first kappa shape index (κ1) is 30.5. The summed E-state index contributed by atoms with van der Waals surface area (Å²) in [6, 6.07) is 20.4. The summed E-state index contributed by atoms with van der Waals surface area (Å²) in [5.74, 6) is 0.520. The Bertz CT molecular complexity index is 2170. The molecule has 6 aromatic rings. The van der Waals surface area contributed by atoms with E-state index in [1.807, 2.05) is 60.4 Å². The number of furan rings is 1. The van der Waals surface area contributed by atoms with Crippen molar-refractivity contribution in [3.63, 3.8) is 0 Å². The fourth-order valence-corrected chi connectivity index (χ4v) is 6.45. The van der Waals surface area contributed by atoms with Crippen molar-refractivity contribution in [2.45, 2.75) is 18.1 Å². The molecule has 0 saturated carbocycles. The number of benzene rings is 2. The van der Waals surface area contributed by atoms with Gasteiger partial charge in [-0.25, -0.2) is 9.67 Å². The van der Waals surface area contributed by atoms with E-state index in [1.165, 1.54) is 4.52 Å². The van der Waals surface area contributed by atoms with Crippen LogP contribution in [0.4, 0.5) is 11.6 Å². The highest BCUT2D eigenvalue weighted by Crippen LogP contribution is 2.33. The monoisotopic (exact) mass is 662 g/mol. The first-order chi connectivity index (χ1) is 23.7. The molecule has 2 aromatic carbocycles. The molecule has 4 N–H and O–H groups in total. The van der Waals surface area contributed by atoms with Crippen molar-refractivity contribution in [2.75, 3.05) is 56.6 Å². The van der Waals surface area contributed by atoms with E-state index >= 15 is 0 Å². The molecule has 2 amide bonds. The Morgan fingerprint density at radius 3 is 2.51 bits per heavy atom. The van der Waals surface area contributed by atoms with Crippen LogP contribution in [0.15, 0.2) is 83.6 Å². The number of nitrogens with one attached hydrogen (secondary N) is 1. The number of ether oxygens (including phenoxy) is 1. The van der Waals surface area contributed by atoms with Crippen LogP contribution in [0.3, 0.4) is 0 Å². The van der Waals surface area contributed by atoms with Gasteiger partial charge in [-0.15, -0.1) is 5.10 Å². The van der Waals surface area contributed by atoms with Gasteiger partial charge in [0.05, 0.1) is 37.6 Å². The standard InChI is InChI=1S/C34H34N10O5/c1-33(23-8-3-2-4-9-23,44-29-25(18-37-44)28-38-27(26-11-6-16-49-26)40-43(28)32(35)39-29)31(46)42-14-12-41(13-15-42)24-10-5-7-22(17-24)30(45)36-19-34(47)20-48-21-34/h2-11,16-18,47H,12-15,19-21H2,1H3,(H2,35,39)(H,36,45). The van der Waals surface area contributed by atoms with E-state index in [0.29, 0.717) is 60.0 Å². The third-order valence-corrected chi connectivity index (χ3v) is 9.31. The van der Waals surface area contributed by atoms with Gasteiger partial charge >= 0.3 is 0 Å². The maximum absolute atomic E-state index is 14.7. The van der Waals surface area contributed by atoms with Crippen molar-refractivity contribution in [3.8, 4) is 11.6 Å². The summed E-state index contributed by atoms with van der Waals surface area (Å²) in [6.45, 7) is 4.39. The van der Waals surface area contributed by atoms with E-state index in [4.69, 9.17) is 20.0 Å². The summed E-state index contributed by atoms with van der Waals surface area (Å²) in [5.41, 5.74) is 7.06. The number of carbonyl (C=O) groups excluding carboxylic acids is 2. The molecular weight excluding hydrogens is 628 g/mol. The number of nitrogens with zero attached hydrogens (tertiary/aromatic N) is 8. The molecule has 8 rings (SSSR count). The lowest BCUT2D eigenvalue weighted by molar-refractivity contribution is -0.173. The highest BCUT2D eigenvalue weighted by molar-refractivity contribution is 5.96. The van der Waals surface area contributed by atoms with Crippen LogP contribution in [0, 0.1) is 0 Å². The molecular formula is C34H34N10O5. The van der Waals surface area contributed by atoms with Crippen LogP contribution in [0.1, 0.15) is 22.8 Å². The summed E-state index contributed by atoms with van der Waals surface area (Å²) in [5, 5.41) is 22.9. The van der Waals surface area contributed by atoms with Gasteiger partial charge in [0.1, 0.15) is 5.60 Å². The molecule has 15 heteroatoms. The Kier molecular flexibility index (Phi) is 7.30. The zero-order chi connectivity index (χ0) is 33.8. The van der Waals surface area contributed by atoms with Gasteiger partial charge in [-0.1, -0.05) is 36.4 Å². The van der Waals surface area contributed by atoms with Crippen LogP contribution in [0.2, 0.25) is 0 Å². The first-order valence-corrected chi connectivity index (χ1v) is 16.0. The van der Waals surface area contributed by atoms with Gasteiger partial charge in [0, 0.05) is 37.4 Å². The minimum Gasteiger partial charge on any atom is -0.461 e. The van der Waals surface area contributed by atoms with Gasteiger partial charge in [-0.05, 0) is 42.8 Å². The number of rotatable bonds is 8. The summed E-state index contributed by atoms with van der Waals surface area (Å²) >= 11 is 0. The van der Waals surface area contributed by atoms with Gasteiger partial charge in [0.25, 0.3) is 11.8 Å². The maximum atomic E-state index is 14.7. The number of aliphatic hydroxyl groups is 1. The molecule has 0 radical (unpaired) electrons. The van der Waals surface area contributed by atoms with E-state index in [-0.39, 0.29) is 37.5 Å². The number of hydrogen-bond donors (Lipinski definition) is 3. The van der Waals surface area contributed by atoms with Gasteiger partial charge in [-0.2, -0.15) is 14.6 Å². The normalized spacial score (nSPS) is 17.2. The Morgan fingerprint density at radius 1 is 1.00 bits per heavy atom. The molecule has 0 bridgehead atoms. The second-order valence-corrected chi connectivity index (χ2v) is 12.6. The number of piperazine rings is 1. The molecule has 4 aromatic heterocycles. The summed E-state index contributed by atoms with van der Waals surface area (Å²) in [7, 11) is 0. The van der Waals surface area contributed by atoms with Crippen LogP contribution in [-0.2, 0) is 15.1 Å². The number of carbonyl (C=O) groups is 2. The average molecular weight is 663 g/mol. The average Bonchev–Trinajstić information content (AvgIpc) is 3.90. The molecule has 2 saturated heterocycles. The minimum absolute atomic E-state index is 0.0925. The van der Waals surface area contributed by atoms with E-state index in [0.717, 1.165) is 11.3 Å². The van der Waals surface area contributed by atoms with Crippen molar-refractivity contribution in [2.24, 2.45) is 0 Å². The fraction of sp³-hybridized carbons (Fsp3) is 0.294. The lowest BCUT2D eigenvalue weighted by Crippen LogP contribution is -2.57. The van der Waals surface area contributed by atoms with Crippen molar-refractivity contribution >= 4 is 40.1 Å². The van der Waals surface area contributed by atoms with Crippen LogP contribution >= 0.6 is 0 Å². The zero-order valence-electron chi connectivity index (χ0n) is 26.7. The number of anilines is 2. The van der Waals surface area contributed by atoms with Crippen molar-refractivity contribution < 1.29 is 23.8 Å². The molecule has 0 aliphatic carbocycles. The van der Waals surface area contributed by atoms with E-state index in [1.54, 1.807) is 35.3 Å². The van der Waals surface area contributed by atoms with Crippen LogP contribution < -0.4 is 16.0 Å². The molecule has 1 atom stereocenters. The predicted octanol–water partition coefficient (Wildman–Crippen LogP) is 1.92. The highest BCUT2D eigenvalue weighted by Gasteiger charge is 2.43. The number of aromatic nitrogens is 6. The molecule has 2 aliphatic rings. The minimum atomic E-state index is -1.28. The quantitative estimate of drug-likeness (QED) is 0.217. The van der Waals surface area contributed by atoms with E-state index < -0.39 is 11.1 Å². The lowest BCUT2D eigenvalue weighted by Gasteiger charge is -2.41. The van der Waals surface area contributed by atoms with Crippen LogP contribution in [0.25, 0.3) is 28.3 Å². The highest BCUT2D eigenvalue weighted by atomic mass is 16.5. The molecule has 1 unspecified atom stereocenters. The maximum Gasteiger partial charge on any atom is 0.255 e. The molecule has 2 fully saturated rings. The summed E-state index contributed by atoms with van der Waals surface area (Å²) in [4.78, 5) is 40.9. The fourth-order valence-electron chi connectivity index (χ4n) is 6.45. The van der Waals surface area contributed by atoms with Gasteiger partial charge < -0.3 is 35.1 Å². The Labute approximate surface area is 279 Å². The summed E-state index contributed by atoms with van der Waals surface area (Å²) in [6.07, 6.45) is 3.18. The third kappa shape index (κ3) is 5.23. The molecule has 6 heterocycles. The Morgan fingerprint density at radius 2 is 1.80 bits per heavy atom. The van der Waals surface area contributed by atoms with Gasteiger partial charge in [-0.3, -0.25) is 9.59 Å². The second-order valence-electron chi connectivity index (χ2n) is 12.6. The van der Waals surface area contributed by atoms with Crippen molar-refractivity contribution in [3.05, 3.63) is 90.3 Å². The smallest absolute Gasteiger partial charge is 0.255 e. The van der Waals surface area contributed by atoms with E-state index in [9.17, 15) is 14.7 Å². The van der Waals surface area contributed by atoms with Gasteiger partial charge in [0.15, 0.2) is 22.6 Å². The van der Waals surface area contributed by atoms with E-state index in [2.05, 4.69) is 25.3 Å². The first-order valence-electron chi connectivity index (χ1n) is 16.0. The predicted molar refractivity (Wildman–Crippen MR) is 179 cm³/mol. The largest absolute Gasteiger partial charge is 0.461 e. The lowest BCUT2D eigenvalue weighted by atomic mass is 9.90. The molecule has 0 spiro atoms. The van der Waals surface area contributed by atoms with Crippen LogP contribution in [0.5, 0.6) is 0 Å². The number of hydrogen-bond acceptors (Lipinski definition) is 11. The topological polar surface area (TPSA) is 182 Å². The second kappa shape index (κ2) is 11.7. The SMILES string of the molecule is CC(C(=O)N1CCN(c2cccc(C(=O)NCC3(O)COC3)c2)CC1)(c1ccccc1)n1ncc2c1nc(N)n1nc(-c3ccco3)nc21. The molecule has 15 nitrogen and oxygen atoms in total. The third-order valence-electron chi connectivity index (χ3n) is 9.31. The number of fused-ring (bicyclic) bond motifs is 3. The Balaban J connectivity index is 1.06. The Hall–Kier alpha value is -5.80. The zero-order valence-corrected chi connectivity index (χ0v) is 26.7. The van der Waals surface area contributed by atoms with Gasteiger partial charge in [0.2, 0.25) is 11.8 Å². The summed E-state index contributed by atoms with van der Waals surface area (Å²) < 4.78 is 13.6. The molecule has 2 aliphatic heterocycles.